The average Bonchev–Trinajstić information content (AvgIpc) is 2.84. The van der Waals surface area contributed by atoms with Crippen LogP contribution in [0.3, 0.4) is 0 Å². The van der Waals surface area contributed by atoms with Crippen molar-refractivity contribution in [2.75, 3.05) is 5.73 Å². The molecule has 0 aliphatic heterocycles. The first-order valence-electron chi connectivity index (χ1n) is 5.11. The summed E-state index contributed by atoms with van der Waals surface area (Å²) in [7, 11) is 1.92. The van der Waals surface area contributed by atoms with Gasteiger partial charge in [0, 0.05) is 18.6 Å². The quantitative estimate of drug-likeness (QED) is 0.911. The van der Waals surface area contributed by atoms with Gasteiger partial charge in [0.25, 0.3) is 0 Å². The van der Waals surface area contributed by atoms with Crippen LogP contribution in [-0.4, -0.2) is 14.8 Å². The van der Waals surface area contributed by atoms with Gasteiger partial charge in [-0.3, -0.25) is 4.68 Å². The molecular weight excluding hydrogens is 240 g/mol. The summed E-state index contributed by atoms with van der Waals surface area (Å²) in [6, 6.07) is 0. The molecular formula is C10H14N4S2. The Morgan fingerprint density at radius 2 is 2.38 bits per heavy atom. The Bertz CT molecular complexity index is 461. The zero-order chi connectivity index (χ0) is 11.5. The number of thiazole rings is 1. The maximum Gasteiger partial charge on any atom is 0.156 e. The molecule has 86 valence electrons. The van der Waals surface area contributed by atoms with Gasteiger partial charge in [-0.1, -0.05) is 13.3 Å². The van der Waals surface area contributed by atoms with Crippen LogP contribution in [0.15, 0.2) is 20.9 Å². The Labute approximate surface area is 103 Å². The van der Waals surface area contributed by atoms with Crippen LogP contribution in [0.1, 0.15) is 19.0 Å². The molecule has 2 aromatic rings. The third-order valence-electron chi connectivity index (χ3n) is 2.19. The van der Waals surface area contributed by atoms with E-state index in [2.05, 4.69) is 17.0 Å². The number of nitrogen functional groups attached to an aromatic ring is 1. The molecule has 0 spiro atoms. The molecule has 6 heteroatoms. The van der Waals surface area contributed by atoms with Crippen LogP contribution in [0, 0.1) is 0 Å². The van der Waals surface area contributed by atoms with Gasteiger partial charge in [-0.25, -0.2) is 4.98 Å². The molecule has 0 aliphatic carbocycles. The van der Waals surface area contributed by atoms with E-state index in [9.17, 15) is 0 Å². The molecule has 2 rings (SSSR count). The number of nitrogens with zero attached hydrogens (tertiary/aromatic N) is 3. The van der Waals surface area contributed by atoms with Crippen molar-refractivity contribution in [3.05, 3.63) is 17.3 Å². The second-order valence-corrected chi connectivity index (χ2v) is 5.57. The highest BCUT2D eigenvalue weighted by atomic mass is 32.2. The lowest BCUT2D eigenvalue weighted by Gasteiger charge is -1.99. The number of aryl methyl sites for hydroxylation is 2. The van der Waals surface area contributed by atoms with E-state index in [4.69, 9.17) is 5.73 Å². The smallest absolute Gasteiger partial charge is 0.156 e. The minimum atomic E-state index is 0.796. The lowest BCUT2D eigenvalue weighted by Crippen LogP contribution is -1.93. The van der Waals surface area contributed by atoms with E-state index >= 15 is 0 Å². The predicted octanol–water partition coefficient (Wildman–Crippen LogP) is 2.56. The van der Waals surface area contributed by atoms with Gasteiger partial charge >= 0.3 is 0 Å². The summed E-state index contributed by atoms with van der Waals surface area (Å²) in [5, 5.41) is 7.37. The molecule has 0 saturated heterocycles. The van der Waals surface area contributed by atoms with Crippen LogP contribution in [0.2, 0.25) is 0 Å². The summed E-state index contributed by atoms with van der Waals surface area (Å²) in [5.41, 5.74) is 7.87. The zero-order valence-electron chi connectivity index (χ0n) is 9.30. The SMILES string of the molecule is CCCc1nn(C)c(Sc2nccs2)c1N. The highest BCUT2D eigenvalue weighted by Crippen LogP contribution is 2.34. The fourth-order valence-electron chi connectivity index (χ4n) is 1.46. The largest absolute Gasteiger partial charge is 0.395 e. The van der Waals surface area contributed by atoms with Gasteiger partial charge in [-0.2, -0.15) is 5.10 Å². The highest BCUT2D eigenvalue weighted by molar-refractivity contribution is 8.01. The monoisotopic (exact) mass is 254 g/mol. The molecule has 0 aromatic carbocycles. The standard InChI is InChI=1S/C10H14N4S2/c1-3-4-7-8(11)9(14(2)13-7)16-10-12-5-6-15-10/h5-6H,3-4,11H2,1-2H3. The van der Waals surface area contributed by atoms with Crippen molar-refractivity contribution >= 4 is 28.8 Å². The van der Waals surface area contributed by atoms with E-state index in [0.717, 1.165) is 33.6 Å². The summed E-state index contributed by atoms with van der Waals surface area (Å²) in [4.78, 5) is 4.23. The Morgan fingerprint density at radius 3 is 3.00 bits per heavy atom. The van der Waals surface area contributed by atoms with Crippen LogP contribution in [0.4, 0.5) is 5.69 Å². The molecule has 0 aliphatic rings. The molecule has 0 saturated carbocycles. The topological polar surface area (TPSA) is 56.7 Å². The van der Waals surface area contributed by atoms with Crippen molar-refractivity contribution in [2.45, 2.75) is 29.1 Å². The predicted molar refractivity (Wildman–Crippen MR) is 67.9 cm³/mol. The van der Waals surface area contributed by atoms with Crippen molar-refractivity contribution < 1.29 is 0 Å². The first-order chi connectivity index (χ1) is 7.72. The molecule has 0 fully saturated rings. The van der Waals surface area contributed by atoms with Gasteiger partial charge in [0.2, 0.25) is 0 Å². The van der Waals surface area contributed by atoms with E-state index in [0.29, 0.717) is 0 Å². The third-order valence-corrected chi connectivity index (χ3v) is 4.25. The van der Waals surface area contributed by atoms with Crippen molar-refractivity contribution in [3.8, 4) is 0 Å². The summed E-state index contributed by atoms with van der Waals surface area (Å²) in [6.07, 6.45) is 3.78. The molecule has 0 bridgehead atoms. The van der Waals surface area contributed by atoms with Crippen molar-refractivity contribution in [3.63, 3.8) is 0 Å². The number of aromatic nitrogens is 3. The first-order valence-corrected chi connectivity index (χ1v) is 6.80. The molecule has 2 N–H and O–H groups in total. The normalized spacial score (nSPS) is 10.9. The summed E-state index contributed by atoms with van der Waals surface area (Å²) in [6.45, 7) is 2.13. The second-order valence-electron chi connectivity index (χ2n) is 3.44. The van der Waals surface area contributed by atoms with Crippen molar-refractivity contribution in [1.82, 2.24) is 14.8 Å². The minimum absolute atomic E-state index is 0.796. The van der Waals surface area contributed by atoms with E-state index < -0.39 is 0 Å². The van der Waals surface area contributed by atoms with Gasteiger partial charge in [0.05, 0.1) is 11.4 Å². The Balaban J connectivity index is 2.26. The number of nitrogens with two attached hydrogens (primary N) is 1. The summed E-state index contributed by atoms with van der Waals surface area (Å²) >= 11 is 3.19. The molecule has 16 heavy (non-hydrogen) atoms. The van der Waals surface area contributed by atoms with Crippen LogP contribution in [-0.2, 0) is 13.5 Å². The van der Waals surface area contributed by atoms with Gasteiger partial charge in [-0.15, -0.1) is 11.3 Å². The van der Waals surface area contributed by atoms with Crippen LogP contribution in [0.25, 0.3) is 0 Å². The number of hydrogen-bond acceptors (Lipinski definition) is 5. The Kier molecular flexibility index (Phi) is 3.50. The molecule has 0 amide bonds. The van der Waals surface area contributed by atoms with E-state index in [-0.39, 0.29) is 0 Å². The number of hydrogen-bond donors (Lipinski definition) is 1. The van der Waals surface area contributed by atoms with Gasteiger partial charge in [-0.05, 0) is 18.2 Å². The fraction of sp³-hybridized carbons (Fsp3) is 0.400. The number of anilines is 1. The zero-order valence-corrected chi connectivity index (χ0v) is 10.9. The molecule has 2 heterocycles. The third kappa shape index (κ3) is 2.22. The molecule has 0 unspecified atom stereocenters. The van der Waals surface area contributed by atoms with E-state index in [1.807, 2.05) is 17.1 Å². The van der Waals surface area contributed by atoms with Crippen molar-refractivity contribution in [2.24, 2.45) is 7.05 Å². The van der Waals surface area contributed by atoms with E-state index in [1.165, 1.54) is 0 Å². The Hall–Kier alpha value is -1.01. The lowest BCUT2D eigenvalue weighted by molar-refractivity contribution is 0.681. The molecule has 2 aromatic heterocycles. The maximum atomic E-state index is 6.08. The minimum Gasteiger partial charge on any atom is -0.395 e. The van der Waals surface area contributed by atoms with Crippen LogP contribution in [0.5, 0.6) is 0 Å². The second kappa shape index (κ2) is 4.88. The first kappa shape index (κ1) is 11.5. The molecule has 4 nitrogen and oxygen atoms in total. The Morgan fingerprint density at radius 1 is 1.56 bits per heavy atom. The maximum absolute atomic E-state index is 6.08. The molecule has 0 radical (unpaired) electrons. The highest BCUT2D eigenvalue weighted by Gasteiger charge is 2.14. The fourth-order valence-corrected chi connectivity index (χ4v) is 3.10. The van der Waals surface area contributed by atoms with Gasteiger partial charge in [0.1, 0.15) is 5.03 Å². The van der Waals surface area contributed by atoms with Crippen molar-refractivity contribution in [1.29, 1.82) is 0 Å². The summed E-state index contributed by atoms with van der Waals surface area (Å²) < 4.78 is 2.84. The van der Waals surface area contributed by atoms with Crippen LogP contribution >= 0.6 is 23.1 Å². The molecule has 0 atom stereocenters. The number of rotatable bonds is 4. The van der Waals surface area contributed by atoms with Gasteiger partial charge in [0.15, 0.2) is 4.34 Å². The van der Waals surface area contributed by atoms with Gasteiger partial charge < -0.3 is 5.73 Å². The summed E-state index contributed by atoms with van der Waals surface area (Å²) in [5.74, 6) is 0. The van der Waals surface area contributed by atoms with Crippen LogP contribution < -0.4 is 5.73 Å². The lowest BCUT2D eigenvalue weighted by atomic mass is 10.2. The van der Waals surface area contributed by atoms with E-state index in [1.54, 1.807) is 29.3 Å². The average molecular weight is 254 g/mol.